The fourth-order valence-electron chi connectivity index (χ4n) is 3.92. The Hall–Kier alpha value is -2.90. The summed E-state index contributed by atoms with van der Waals surface area (Å²) in [5.74, 6) is 0.980. The average molecular weight is 463 g/mol. The Labute approximate surface area is 195 Å². The Morgan fingerprint density at radius 1 is 1.00 bits per heavy atom. The number of rotatable bonds is 8. The number of thioether (sulfide) groups is 1. The molecule has 0 aliphatic carbocycles. The van der Waals surface area contributed by atoms with E-state index < -0.39 is 0 Å². The molecule has 5 rings (SSSR count). The van der Waals surface area contributed by atoms with Crippen LogP contribution in [-0.2, 0) is 7.05 Å². The SMILES string of the molecule is Cn1c2ccccc2c2nnc(SCCCCCNc3ccnc4cc(Cl)ccc34)nc21. The number of halogens is 1. The zero-order valence-corrected chi connectivity index (χ0v) is 19.3. The van der Waals surface area contributed by atoms with Gasteiger partial charge in [-0.2, -0.15) is 0 Å². The lowest BCUT2D eigenvalue weighted by molar-refractivity contribution is 0.748. The third-order valence-electron chi connectivity index (χ3n) is 5.56. The van der Waals surface area contributed by atoms with Crippen LogP contribution in [0.1, 0.15) is 19.3 Å². The van der Waals surface area contributed by atoms with Gasteiger partial charge in [-0.3, -0.25) is 4.98 Å². The summed E-state index contributed by atoms with van der Waals surface area (Å²) in [5.41, 5.74) is 4.89. The van der Waals surface area contributed by atoms with Gasteiger partial charge in [-0.1, -0.05) is 48.0 Å². The summed E-state index contributed by atoms with van der Waals surface area (Å²) in [6, 6.07) is 16.0. The van der Waals surface area contributed by atoms with Crippen LogP contribution >= 0.6 is 23.4 Å². The van der Waals surface area contributed by atoms with Gasteiger partial charge in [0.1, 0.15) is 5.52 Å². The highest BCUT2D eigenvalue weighted by atomic mass is 35.5. The molecule has 0 aliphatic rings. The lowest BCUT2D eigenvalue weighted by Gasteiger charge is -2.09. The zero-order chi connectivity index (χ0) is 21.9. The Morgan fingerprint density at radius 3 is 2.84 bits per heavy atom. The third kappa shape index (κ3) is 4.23. The number of hydrogen-bond acceptors (Lipinski definition) is 6. The fourth-order valence-corrected chi connectivity index (χ4v) is 4.87. The lowest BCUT2D eigenvalue weighted by Crippen LogP contribution is -2.02. The number of benzene rings is 2. The smallest absolute Gasteiger partial charge is 0.211 e. The van der Waals surface area contributed by atoms with Gasteiger partial charge in [0.2, 0.25) is 5.16 Å². The molecule has 0 aliphatic heterocycles. The third-order valence-corrected chi connectivity index (χ3v) is 6.72. The van der Waals surface area contributed by atoms with Crippen molar-refractivity contribution in [3.63, 3.8) is 0 Å². The predicted molar refractivity (Wildman–Crippen MR) is 134 cm³/mol. The summed E-state index contributed by atoms with van der Waals surface area (Å²) in [4.78, 5) is 9.14. The second kappa shape index (κ2) is 9.30. The largest absolute Gasteiger partial charge is 0.384 e. The molecule has 0 spiro atoms. The first-order valence-electron chi connectivity index (χ1n) is 10.7. The van der Waals surface area contributed by atoms with Gasteiger partial charge < -0.3 is 9.88 Å². The van der Waals surface area contributed by atoms with E-state index in [1.54, 1.807) is 11.8 Å². The summed E-state index contributed by atoms with van der Waals surface area (Å²) in [7, 11) is 2.03. The van der Waals surface area contributed by atoms with Gasteiger partial charge in [0.25, 0.3) is 0 Å². The molecule has 8 heteroatoms. The van der Waals surface area contributed by atoms with Gasteiger partial charge in [0.15, 0.2) is 5.65 Å². The summed E-state index contributed by atoms with van der Waals surface area (Å²) < 4.78 is 2.09. The first kappa shape index (κ1) is 21.0. The van der Waals surface area contributed by atoms with Gasteiger partial charge in [-0.15, -0.1) is 10.2 Å². The number of fused-ring (bicyclic) bond motifs is 4. The monoisotopic (exact) mass is 462 g/mol. The van der Waals surface area contributed by atoms with Crippen molar-refractivity contribution in [3.8, 4) is 0 Å². The van der Waals surface area contributed by atoms with Crippen molar-refractivity contribution in [1.82, 2.24) is 24.7 Å². The fraction of sp³-hybridized carbons (Fsp3) is 0.250. The maximum absolute atomic E-state index is 6.07. The van der Waals surface area contributed by atoms with E-state index >= 15 is 0 Å². The molecular formula is C24H23ClN6S. The number of unbranched alkanes of at least 4 members (excludes halogenated alkanes) is 2. The molecule has 32 heavy (non-hydrogen) atoms. The molecule has 5 aromatic rings. The van der Waals surface area contributed by atoms with Crippen LogP contribution < -0.4 is 5.32 Å². The van der Waals surface area contributed by atoms with Gasteiger partial charge in [0.05, 0.1) is 11.0 Å². The Morgan fingerprint density at radius 2 is 1.91 bits per heavy atom. The molecule has 0 radical (unpaired) electrons. The minimum absolute atomic E-state index is 0.707. The molecule has 6 nitrogen and oxygen atoms in total. The van der Waals surface area contributed by atoms with Crippen LogP contribution in [0.5, 0.6) is 0 Å². The number of aromatic nitrogens is 5. The van der Waals surface area contributed by atoms with Gasteiger partial charge >= 0.3 is 0 Å². The number of aryl methyl sites for hydroxylation is 1. The van der Waals surface area contributed by atoms with Crippen molar-refractivity contribution in [3.05, 3.63) is 59.8 Å². The molecule has 3 heterocycles. The van der Waals surface area contributed by atoms with E-state index in [9.17, 15) is 0 Å². The first-order chi connectivity index (χ1) is 15.7. The van der Waals surface area contributed by atoms with E-state index in [0.29, 0.717) is 5.02 Å². The molecule has 0 saturated carbocycles. The van der Waals surface area contributed by atoms with E-state index in [0.717, 1.165) is 75.4 Å². The second-order valence-electron chi connectivity index (χ2n) is 7.70. The maximum Gasteiger partial charge on any atom is 0.211 e. The predicted octanol–water partition coefficient (Wildman–Crippen LogP) is 6.09. The molecule has 0 atom stereocenters. The summed E-state index contributed by atoms with van der Waals surface area (Å²) in [6.45, 7) is 0.923. The zero-order valence-electron chi connectivity index (χ0n) is 17.8. The van der Waals surface area contributed by atoms with Crippen LogP contribution in [0.4, 0.5) is 5.69 Å². The lowest BCUT2D eigenvalue weighted by atomic mass is 10.2. The average Bonchev–Trinajstić information content (AvgIpc) is 3.10. The van der Waals surface area contributed by atoms with E-state index in [2.05, 4.69) is 37.2 Å². The van der Waals surface area contributed by atoms with E-state index in [-0.39, 0.29) is 0 Å². The summed E-state index contributed by atoms with van der Waals surface area (Å²) in [5, 5.41) is 16.0. The Bertz CT molecular complexity index is 1400. The minimum Gasteiger partial charge on any atom is -0.384 e. The van der Waals surface area contributed by atoms with Crippen molar-refractivity contribution in [2.45, 2.75) is 24.4 Å². The van der Waals surface area contributed by atoms with Gasteiger partial charge in [-0.25, -0.2) is 4.98 Å². The van der Waals surface area contributed by atoms with Crippen LogP contribution in [0.3, 0.4) is 0 Å². The van der Waals surface area contributed by atoms with Crippen LogP contribution in [0.25, 0.3) is 33.0 Å². The summed E-state index contributed by atoms with van der Waals surface area (Å²) >= 11 is 7.74. The molecule has 0 amide bonds. The second-order valence-corrected chi connectivity index (χ2v) is 9.20. The summed E-state index contributed by atoms with van der Waals surface area (Å²) in [6.07, 6.45) is 5.16. The number of anilines is 1. The van der Waals surface area contributed by atoms with Crippen molar-refractivity contribution >= 4 is 62.0 Å². The van der Waals surface area contributed by atoms with E-state index in [1.165, 1.54) is 0 Å². The molecular weight excluding hydrogens is 440 g/mol. The number of para-hydroxylation sites is 1. The van der Waals surface area contributed by atoms with Crippen LogP contribution in [0.2, 0.25) is 5.02 Å². The van der Waals surface area contributed by atoms with Crippen molar-refractivity contribution < 1.29 is 0 Å². The molecule has 3 aromatic heterocycles. The maximum atomic E-state index is 6.07. The number of nitrogens with one attached hydrogen (secondary N) is 1. The van der Waals surface area contributed by atoms with Crippen molar-refractivity contribution in [1.29, 1.82) is 0 Å². The van der Waals surface area contributed by atoms with Gasteiger partial charge in [0, 0.05) is 47.0 Å². The highest BCUT2D eigenvalue weighted by molar-refractivity contribution is 7.99. The van der Waals surface area contributed by atoms with E-state index in [4.69, 9.17) is 16.6 Å². The normalized spacial score (nSPS) is 11.6. The highest BCUT2D eigenvalue weighted by Crippen LogP contribution is 2.27. The Kier molecular flexibility index (Phi) is 6.10. The quantitative estimate of drug-likeness (QED) is 0.222. The number of hydrogen-bond donors (Lipinski definition) is 1. The van der Waals surface area contributed by atoms with Crippen LogP contribution in [0.15, 0.2) is 59.9 Å². The topological polar surface area (TPSA) is 68.5 Å². The molecule has 162 valence electrons. The molecule has 0 saturated heterocycles. The minimum atomic E-state index is 0.707. The molecule has 1 N–H and O–H groups in total. The number of pyridine rings is 1. The highest BCUT2D eigenvalue weighted by Gasteiger charge is 2.12. The first-order valence-corrected chi connectivity index (χ1v) is 12.1. The Balaban J connectivity index is 1.11. The molecule has 0 unspecified atom stereocenters. The van der Waals surface area contributed by atoms with E-state index in [1.807, 2.05) is 49.6 Å². The molecule has 0 fully saturated rings. The van der Waals surface area contributed by atoms with Crippen LogP contribution in [0, 0.1) is 0 Å². The molecule has 2 aromatic carbocycles. The van der Waals surface area contributed by atoms with Crippen molar-refractivity contribution in [2.24, 2.45) is 7.05 Å². The molecule has 0 bridgehead atoms. The standard InChI is InChI=1S/C24H23ClN6S/c1-31-21-8-4-3-7-18(21)22-23(31)28-24(30-29-22)32-14-6-2-5-12-26-19-11-13-27-20-15-16(25)9-10-17(19)20/h3-4,7-11,13,15H,2,5-6,12,14H2,1H3,(H,26,27). The van der Waals surface area contributed by atoms with Crippen LogP contribution in [-0.4, -0.2) is 37.0 Å². The number of nitrogens with zero attached hydrogens (tertiary/aromatic N) is 5. The van der Waals surface area contributed by atoms with Crippen molar-refractivity contribution in [2.75, 3.05) is 17.6 Å². The van der Waals surface area contributed by atoms with Gasteiger partial charge in [-0.05, 0) is 43.2 Å².